The number of rotatable bonds is 7. The van der Waals surface area contributed by atoms with Crippen LogP contribution in [0.3, 0.4) is 0 Å². The second-order valence-corrected chi connectivity index (χ2v) is 7.02. The molecule has 0 spiro atoms. The Labute approximate surface area is 174 Å². The third-order valence-electron chi connectivity index (χ3n) is 4.90. The lowest BCUT2D eigenvalue weighted by Crippen LogP contribution is -2.47. The molecule has 2 atom stereocenters. The summed E-state index contributed by atoms with van der Waals surface area (Å²) < 4.78 is 0. The van der Waals surface area contributed by atoms with E-state index in [0.29, 0.717) is 11.3 Å². The smallest absolute Gasteiger partial charge is 0.254 e. The summed E-state index contributed by atoms with van der Waals surface area (Å²) >= 11 is 0. The lowest BCUT2D eigenvalue weighted by molar-refractivity contribution is -0.125. The Balaban J connectivity index is 1.77. The van der Waals surface area contributed by atoms with Crippen molar-refractivity contribution in [3.8, 4) is 11.1 Å². The van der Waals surface area contributed by atoms with Crippen LogP contribution in [0.1, 0.15) is 16.8 Å². The highest BCUT2D eigenvalue weighted by Gasteiger charge is 2.38. The molecule has 0 aliphatic carbocycles. The number of carbonyl (C=O) groups excluding carboxylic acids is 2. The summed E-state index contributed by atoms with van der Waals surface area (Å²) in [7, 11) is 1.41. The molecule has 158 valence electrons. The van der Waals surface area contributed by atoms with E-state index in [1.54, 1.807) is 12.1 Å². The van der Waals surface area contributed by atoms with Crippen LogP contribution < -0.4 is 5.32 Å². The minimum atomic E-state index is -1.06. The SMILES string of the molecule is CO/N=C1\CC(C(=O)NCC(O)CO)N(C(=O)c2ccc(-c3ccccc3)cc2)C1. The fourth-order valence-corrected chi connectivity index (χ4v) is 3.35. The maximum absolute atomic E-state index is 13.1. The summed E-state index contributed by atoms with van der Waals surface area (Å²) in [6, 6.07) is 16.3. The molecule has 2 unspecified atom stereocenters. The Kier molecular flexibility index (Phi) is 7.16. The number of benzene rings is 2. The van der Waals surface area contributed by atoms with Crippen molar-refractivity contribution in [2.24, 2.45) is 5.16 Å². The van der Waals surface area contributed by atoms with E-state index in [2.05, 4.69) is 10.5 Å². The van der Waals surface area contributed by atoms with Gasteiger partial charge in [-0.2, -0.15) is 0 Å². The number of oxime groups is 1. The second kappa shape index (κ2) is 10.00. The van der Waals surface area contributed by atoms with Gasteiger partial charge in [-0.3, -0.25) is 9.59 Å². The van der Waals surface area contributed by atoms with Gasteiger partial charge in [0, 0.05) is 18.5 Å². The van der Waals surface area contributed by atoms with Crippen molar-refractivity contribution in [1.29, 1.82) is 0 Å². The molecule has 30 heavy (non-hydrogen) atoms. The van der Waals surface area contributed by atoms with Crippen molar-refractivity contribution in [3.63, 3.8) is 0 Å². The van der Waals surface area contributed by atoms with Gasteiger partial charge in [0.25, 0.3) is 5.91 Å². The molecule has 2 aromatic rings. The molecule has 1 heterocycles. The standard InChI is InChI=1S/C22H25N3O5/c1-30-24-18-11-20(21(28)23-12-19(27)14-26)25(13-18)22(29)17-9-7-16(8-10-17)15-5-3-2-4-6-15/h2-10,19-20,26-27H,11-14H2,1H3,(H,23,28)/b24-18+. The number of amides is 2. The van der Waals surface area contributed by atoms with E-state index < -0.39 is 24.7 Å². The van der Waals surface area contributed by atoms with E-state index in [-0.39, 0.29) is 25.4 Å². The van der Waals surface area contributed by atoms with Gasteiger partial charge in [-0.15, -0.1) is 0 Å². The number of carbonyl (C=O) groups is 2. The van der Waals surface area contributed by atoms with Gasteiger partial charge in [0.05, 0.1) is 25.0 Å². The average molecular weight is 411 g/mol. The molecule has 8 nitrogen and oxygen atoms in total. The molecule has 1 saturated heterocycles. The molecule has 1 aliphatic rings. The molecule has 8 heteroatoms. The predicted molar refractivity (Wildman–Crippen MR) is 112 cm³/mol. The fraction of sp³-hybridized carbons (Fsp3) is 0.318. The summed E-state index contributed by atoms with van der Waals surface area (Å²) in [5.41, 5.74) is 3.07. The minimum Gasteiger partial charge on any atom is -0.399 e. The minimum absolute atomic E-state index is 0.101. The van der Waals surface area contributed by atoms with Gasteiger partial charge in [0.1, 0.15) is 13.2 Å². The summed E-state index contributed by atoms with van der Waals surface area (Å²) in [5.74, 6) is -0.711. The van der Waals surface area contributed by atoms with Gasteiger partial charge < -0.3 is 25.3 Å². The van der Waals surface area contributed by atoms with Crippen LogP contribution in [-0.2, 0) is 9.63 Å². The first-order valence-electron chi connectivity index (χ1n) is 9.65. The van der Waals surface area contributed by atoms with Crippen molar-refractivity contribution in [2.75, 3.05) is 26.8 Å². The van der Waals surface area contributed by atoms with Crippen LogP contribution in [0.4, 0.5) is 0 Å². The number of aliphatic hydroxyl groups is 2. The zero-order valence-corrected chi connectivity index (χ0v) is 16.7. The van der Waals surface area contributed by atoms with Gasteiger partial charge in [-0.1, -0.05) is 47.6 Å². The van der Waals surface area contributed by atoms with E-state index in [1.807, 2.05) is 42.5 Å². The number of nitrogens with one attached hydrogen (secondary N) is 1. The number of likely N-dealkylation sites (tertiary alicyclic amines) is 1. The van der Waals surface area contributed by atoms with Crippen LogP contribution in [0, 0.1) is 0 Å². The van der Waals surface area contributed by atoms with Crippen molar-refractivity contribution in [1.82, 2.24) is 10.2 Å². The van der Waals surface area contributed by atoms with E-state index in [1.165, 1.54) is 12.0 Å². The van der Waals surface area contributed by atoms with E-state index in [4.69, 9.17) is 9.94 Å². The lowest BCUT2D eigenvalue weighted by Gasteiger charge is -2.24. The first kappa shape index (κ1) is 21.5. The summed E-state index contributed by atoms with van der Waals surface area (Å²) in [4.78, 5) is 32.0. The largest absolute Gasteiger partial charge is 0.399 e. The van der Waals surface area contributed by atoms with Gasteiger partial charge in [-0.05, 0) is 23.3 Å². The fourth-order valence-electron chi connectivity index (χ4n) is 3.35. The van der Waals surface area contributed by atoms with E-state index in [9.17, 15) is 14.7 Å². The zero-order chi connectivity index (χ0) is 21.5. The monoisotopic (exact) mass is 411 g/mol. The Morgan fingerprint density at radius 3 is 2.47 bits per heavy atom. The van der Waals surface area contributed by atoms with Gasteiger partial charge >= 0.3 is 0 Å². The van der Waals surface area contributed by atoms with Crippen molar-refractivity contribution in [3.05, 3.63) is 60.2 Å². The Bertz CT molecular complexity index is 899. The molecule has 3 N–H and O–H groups in total. The quantitative estimate of drug-likeness (QED) is 0.590. The van der Waals surface area contributed by atoms with Gasteiger partial charge in [0.15, 0.2) is 0 Å². The summed E-state index contributed by atoms with van der Waals surface area (Å²) in [6.45, 7) is -0.387. The number of nitrogens with zero attached hydrogens (tertiary/aromatic N) is 2. The van der Waals surface area contributed by atoms with Crippen molar-refractivity contribution in [2.45, 2.75) is 18.6 Å². The van der Waals surface area contributed by atoms with E-state index >= 15 is 0 Å². The highest BCUT2D eigenvalue weighted by atomic mass is 16.6. The maximum Gasteiger partial charge on any atom is 0.254 e. The topological polar surface area (TPSA) is 111 Å². The second-order valence-electron chi connectivity index (χ2n) is 7.02. The van der Waals surface area contributed by atoms with Crippen LogP contribution in [0.2, 0.25) is 0 Å². The molecular weight excluding hydrogens is 386 g/mol. The van der Waals surface area contributed by atoms with Crippen LogP contribution in [0.25, 0.3) is 11.1 Å². The molecular formula is C22H25N3O5. The lowest BCUT2D eigenvalue weighted by atomic mass is 10.0. The predicted octanol–water partition coefficient (Wildman–Crippen LogP) is 1.04. The van der Waals surface area contributed by atoms with Crippen molar-refractivity contribution < 1.29 is 24.6 Å². The normalized spacial score (nSPS) is 18.3. The number of hydrogen-bond donors (Lipinski definition) is 3. The molecule has 0 saturated carbocycles. The molecule has 1 fully saturated rings. The van der Waals surface area contributed by atoms with Crippen LogP contribution >= 0.6 is 0 Å². The Morgan fingerprint density at radius 1 is 1.17 bits per heavy atom. The third kappa shape index (κ3) is 5.03. The number of aliphatic hydroxyl groups excluding tert-OH is 2. The summed E-state index contributed by atoms with van der Waals surface area (Å²) in [6.07, 6.45) is -0.819. The Morgan fingerprint density at radius 2 is 1.83 bits per heavy atom. The average Bonchev–Trinajstić information content (AvgIpc) is 3.21. The van der Waals surface area contributed by atoms with Gasteiger partial charge in [0.2, 0.25) is 5.91 Å². The molecule has 0 radical (unpaired) electrons. The highest BCUT2D eigenvalue weighted by molar-refractivity contribution is 6.05. The Hall–Kier alpha value is -3.23. The molecule has 0 bridgehead atoms. The molecule has 0 aromatic heterocycles. The van der Waals surface area contributed by atoms with Crippen LogP contribution in [0.15, 0.2) is 59.8 Å². The molecule has 2 aromatic carbocycles. The number of hydrogen-bond acceptors (Lipinski definition) is 6. The molecule has 2 amide bonds. The first-order valence-corrected chi connectivity index (χ1v) is 9.65. The van der Waals surface area contributed by atoms with E-state index in [0.717, 1.165) is 11.1 Å². The molecule has 3 rings (SSSR count). The highest BCUT2D eigenvalue weighted by Crippen LogP contribution is 2.23. The summed E-state index contributed by atoms with van der Waals surface area (Å²) in [5, 5.41) is 24.9. The molecule has 1 aliphatic heterocycles. The van der Waals surface area contributed by atoms with Crippen LogP contribution in [0.5, 0.6) is 0 Å². The van der Waals surface area contributed by atoms with Gasteiger partial charge in [-0.25, -0.2) is 0 Å². The third-order valence-corrected chi connectivity index (χ3v) is 4.90. The first-order chi connectivity index (χ1) is 14.5. The van der Waals surface area contributed by atoms with Crippen LogP contribution in [-0.4, -0.2) is 71.6 Å². The zero-order valence-electron chi connectivity index (χ0n) is 16.7. The maximum atomic E-state index is 13.1. The van der Waals surface area contributed by atoms with Crippen molar-refractivity contribution >= 4 is 17.5 Å².